The van der Waals surface area contributed by atoms with Gasteiger partial charge in [-0.05, 0) is 77.4 Å². The van der Waals surface area contributed by atoms with Gasteiger partial charge in [-0.1, -0.05) is 12.1 Å². The molecule has 2 N–H and O–H groups in total. The van der Waals surface area contributed by atoms with Crippen LogP contribution in [-0.4, -0.2) is 5.91 Å². The van der Waals surface area contributed by atoms with Crippen LogP contribution < -0.4 is 10.6 Å². The highest BCUT2D eigenvalue weighted by Crippen LogP contribution is 2.27. The van der Waals surface area contributed by atoms with Gasteiger partial charge in [0.05, 0.1) is 0 Å². The number of hydrogen-bond acceptors (Lipinski definition) is 2. The summed E-state index contributed by atoms with van der Waals surface area (Å²) in [5.41, 5.74) is 4.51. The molecule has 0 radical (unpaired) electrons. The fraction of sp³-hybridized carbons (Fsp3) is 0.235. The predicted octanol–water partition coefficient (Wildman–Crippen LogP) is 4.35. The molecule has 0 aromatic heterocycles. The first-order chi connectivity index (χ1) is 10.1. The van der Waals surface area contributed by atoms with Gasteiger partial charge in [0.2, 0.25) is 5.91 Å². The molecule has 2 aromatic carbocycles. The van der Waals surface area contributed by atoms with Crippen LogP contribution in [0.1, 0.15) is 30.5 Å². The van der Waals surface area contributed by atoms with Gasteiger partial charge in [-0.2, -0.15) is 0 Å². The van der Waals surface area contributed by atoms with E-state index in [9.17, 15) is 4.79 Å². The lowest BCUT2D eigenvalue weighted by atomic mass is 10.0. The van der Waals surface area contributed by atoms with E-state index < -0.39 is 0 Å². The average Bonchev–Trinajstić information content (AvgIpc) is 2.48. The van der Waals surface area contributed by atoms with E-state index in [0.717, 1.165) is 17.8 Å². The van der Waals surface area contributed by atoms with Crippen molar-refractivity contribution < 1.29 is 4.79 Å². The lowest BCUT2D eigenvalue weighted by Gasteiger charge is -2.20. The average molecular weight is 392 g/mol. The van der Waals surface area contributed by atoms with Crippen LogP contribution in [0.4, 0.5) is 11.4 Å². The van der Waals surface area contributed by atoms with E-state index in [1.165, 1.54) is 14.7 Å². The topological polar surface area (TPSA) is 41.1 Å². The molecule has 21 heavy (non-hydrogen) atoms. The zero-order valence-corrected chi connectivity index (χ0v) is 14.0. The van der Waals surface area contributed by atoms with Crippen LogP contribution in [0.3, 0.4) is 0 Å². The molecule has 3 nitrogen and oxygen atoms in total. The zero-order valence-electron chi connectivity index (χ0n) is 11.8. The third-order valence-corrected chi connectivity index (χ3v) is 4.47. The fourth-order valence-corrected chi connectivity index (χ4v) is 2.92. The first-order valence-corrected chi connectivity index (χ1v) is 8.14. The molecule has 3 rings (SSSR count). The molecule has 2 aromatic rings. The number of carbonyl (C=O) groups is 1. The highest BCUT2D eigenvalue weighted by atomic mass is 127. The Balaban J connectivity index is 1.76. The maximum absolute atomic E-state index is 11.4. The summed E-state index contributed by atoms with van der Waals surface area (Å²) in [4.78, 5) is 11.4. The molecule has 1 unspecified atom stereocenters. The van der Waals surface area contributed by atoms with E-state index in [4.69, 9.17) is 0 Å². The minimum atomic E-state index is 0.107. The lowest BCUT2D eigenvalue weighted by Crippen LogP contribution is -2.19. The summed E-state index contributed by atoms with van der Waals surface area (Å²) in [5.74, 6) is 0.107. The van der Waals surface area contributed by atoms with Gasteiger partial charge in [-0.3, -0.25) is 4.79 Å². The number of aryl methyl sites for hydroxylation is 1. The van der Waals surface area contributed by atoms with E-state index in [1.54, 1.807) is 0 Å². The van der Waals surface area contributed by atoms with Gasteiger partial charge in [-0.15, -0.1) is 0 Å². The molecule has 1 aliphatic rings. The van der Waals surface area contributed by atoms with Crippen LogP contribution in [0, 0.1) is 3.57 Å². The number of hydrogen-bond donors (Lipinski definition) is 2. The lowest BCUT2D eigenvalue weighted by molar-refractivity contribution is -0.116. The van der Waals surface area contributed by atoms with Crippen LogP contribution in [0.15, 0.2) is 42.5 Å². The summed E-state index contributed by atoms with van der Waals surface area (Å²) >= 11 is 2.31. The van der Waals surface area contributed by atoms with Crippen LogP contribution in [0.25, 0.3) is 0 Å². The number of halogens is 1. The summed E-state index contributed by atoms with van der Waals surface area (Å²) in [6, 6.07) is 14.9. The molecule has 108 valence electrons. The molecule has 0 bridgehead atoms. The second kappa shape index (κ2) is 6.05. The van der Waals surface area contributed by atoms with Crippen molar-refractivity contribution in [2.24, 2.45) is 0 Å². The van der Waals surface area contributed by atoms with Gasteiger partial charge in [0.1, 0.15) is 0 Å². The second-order valence-electron chi connectivity index (χ2n) is 5.34. The minimum absolute atomic E-state index is 0.107. The minimum Gasteiger partial charge on any atom is -0.379 e. The van der Waals surface area contributed by atoms with E-state index in [-0.39, 0.29) is 11.9 Å². The van der Waals surface area contributed by atoms with Crippen molar-refractivity contribution in [3.63, 3.8) is 0 Å². The quantitative estimate of drug-likeness (QED) is 0.763. The normalized spacial score (nSPS) is 15.0. The Morgan fingerprint density at radius 2 is 1.90 bits per heavy atom. The highest BCUT2D eigenvalue weighted by molar-refractivity contribution is 14.1. The van der Waals surface area contributed by atoms with Gasteiger partial charge in [0.25, 0.3) is 0 Å². The number of anilines is 2. The summed E-state index contributed by atoms with van der Waals surface area (Å²) in [5, 5.41) is 6.43. The number of fused-ring (bicyclic) bond motifs is 1. The molecule has 1 heterocycles. The summed E-state index contributed by atoms with van der Waals surface area (Å²) in [6.45, 7) is 2.16. The van der Waals surface area contributed by atoms with E-state index >= 15 is 0 Å². The fourth-order valence-electron chi connectivity index (χ4n) is 2.56. The maximum atomic E-state index is 11.4. The Bertz CT molecular complexity index is 667. The molecule has 0 aliphatic carbocycles. The molecule has 1 amide bonds. The van der Waals surface area contributed by atoms with Crippen molar-refractivity contribution in [2.45, 2.75) is 25.8 Å². The number of rotatable bonds is 3. The second-order valence-corrected chi connectivity index (χ2v) is 6.58. The molecule has 0 spiro atoms. The van der Waals surface area contributed by atoms with E-state index in [1.807, 2.05) is 12.1 Å². The van der Waals surface area contributed by atoms with Crippen molar-refractivity contribution in [2.75, 3.05) is 10.6 Å². The smallest absolute Gasteiger partial charge is 0.224 e. The van der Waals surface area contributed by atoms with Crippen LogP contribution in [0.2, 0.25) is 0 Å². The Kier molecular flexibility index (Phi) is 4.14. The molecule has 1 aliphatic heterocycles. The van der Waals surface area contributed by atoms with Gasteiger partial charge in [0.15, 0.2) is 0 Å². The molecule has 0 saturated heterocycles. The van der Waals surface area contributed by atoms with Crippen LogP contribution >= 0.6 is 22.6 Å². The molecule has 4 heteroatoms. The van der Waals surface area contributed by atoms with Crippen molar-refractivity contribution in [3.05, 3.63) is 57.2 Å². The number of nitrogens with one attached hydrogen (secondary N) is 2. The Hall–Kier alpha value is -1.56. The number of carbonyl (C=O) groups excluding carboxylic acids is 1. The Morgan fingerprint density at radius 1 is 1.14 bits per heavy atom. The SMILES string of the molecule is CC(Nc1ccc2c(c1)CCC(=O)N2)c1ccc(I)cc1. The monoisotopic (exact) mass is 392 g/mol. The number of benzene rings is 2. The summed E-state index contributed by atoms with van der Waals surface area (Å²) < 4.78 is 1.24. The van der Waals surface area contributed by atoms with Gasteiger partial charge in [-0.25, -0.2) is 0 Å². The molecule has 0 saturated carbocycles. The summed E-state index contributed by atoms with van der Waals surface area (Å²) in [7, 11) is 0. The molecule has 0 fully saturated rings. The maximum Gasteiger partial charge on any atom is 0.224 e. The third-order valence-electron chi connectivity index (χ3n) is 3.75. The van der Waals surface area contributed by atoms with Crippen molar-refractivity contribution >= 4 is 39.9 Å². The highest BCUT2D eigenvalue weighted by Gasteiger charge is 2.15. The van der Waals surface area contributed by atoms with Crippen LogP contribution in [0.5, 0.6) is 0 Å². The summed E-state index contributed by atoms with van der Waals surface area (Å²) in [6.07, 6.45) is 1.39. The molecule has 1 atom stereocenters. The van der Waals surface area contributed by atoms with Crippen molar-refractivity contribution in [1.29, 1.82) is 0 Å². The molecular weight excluding hydrogens is 375 g/mol. The van der Waals surface area contributed by atoms with Gasteiger partial charge in [0, 0.05) is 27.4 Å². The first kappa shape index (κ1) is 14.4. The van der Waals surface area contributed by atoms with Gasteiger partial charge < -0.3 is 10.6 Å². The van der Waals surface area contributed by atoms with Gasteiger partial charge >= 0.3 is 0 Å². The molecular formula is C17H17IN2O. The number of amides is 1. The first-order valence-electron chi connectivity index (χ1n) is 7.06. The Labute approximate surface area is 138 Å². The largest absolute Gasteiger partial charge is 0.379 e. The standard InChI is InChI=1S/C17H17IN2O/c1-11(12-2-5-14(18)6-3-12)19-15-7-8-16-13(10-15)4-9-17(21)20-16/h2-3,5-8,10-11,19H,4,9H2,1H3,(H,20,21). The zero-order chi connectivity index (χ0) is 14.8. The van der Waals surface area contributed by atoms with E-state index in [0.29, 0.717) is 6.42 Å². The predicted molar refractivity (Wildman–Crippen MR) is 94.6 cm³/mol. The van der Waals surface area contributed by atoms with Crippen LogP contribution in [-0.2, 0) is 11.2 Å². The Morgan fingerprint density at radius 3 is 2.67 bits per heavy atom. The third kappa shape index (κ3) is 3.37. The van der Waals surface area contributed by atoms with E-state index in [2.05, 4.69) is 70.5 Å². The van der Waals surface area contributed by atoms with Crippen molar-refractivity contribution in [3.8, 4) is 0 Å². The van der Waals surface area contributed by atoms with Crippen molar-refractivity contribution in [1.82, 2.24) is 0 Å².